The molecule has 8 heteroatoms. The maximum Gasteiger partial charge on any atom is 0.323 e. The maximum absolute atomic E-state index is 14.1. The number of thioether (sulfide) groups is 1. The molecular formula is C26H24ClN3O3S. The van der Waals surface area contributed by atoms with Crippen molar-refractivity contribution in [3.8, 4) is 5.75 Å². The number of ether oxygens (including phenoxy) is 1. The van der Waals surface area contributed by atoms with Gasteiger partial charge in [0.25, 0.3) is 5.91 Å². The highest BCUT2D eigenvalue weighted by Gasteiger charge is 2.59. The smallest absolute Gasteiger partial charge is 0.323 e. The van der Waals surface area contributed by atoms with E-state index in [1.54, 1.807) is 29.0 Å². The van der Waals surface area contributed by atoms with Crippen LogP contribution in [-0.2, 0) is 16.2 Å². The third kappa shape index (κ3) is 3.69. The normalized spacial score (nSPS) is 19.0. The van der Waals surface area contributed by atoms with Crippen molar-refractivity contribution >= 4 is 46.7 Å². The third-order valence-electron chi connectivity index (χ3n) is 6.20. The van der Waals surface area contributed by atoms with E-state index in [1.165, 1.54) is 11.8 Å². The summed E-state index contributed by atoms with van der Waals surface area (Å²) in [5.74, 6) is 1.17. The number of methoxy groups -OCH3 is 1. The summed E-state index contributed by atoms with van der Waals surface area (Å²) in [4.78, 5) is 29.9. The summed E-state index contributed by atoms with van der Waals surface area (Å²) in [5, 5.41) is 3.56. The Hall–Kier alpha value is -3.16. The molecule has 2 aliphatic rings. The van der Waals surface area contributed by atoms with Crippen LogP contribution >= 0.6 is 23.4 Å². The average Bonchev–Trinajstić information content (AvgIpc) is 3.38. The number of nitrogens with zero attached hydrogens (tertiary/aromatic N) is 2. The quantitative estimate of drug-likeness (QED) is 0.511. The van der Waals surface area contributed by atoms with Crippen molar-refractivity contribution in [1.82, 2.24) is 4.90 Å². The lowest BCUT2D eigenvalue weighted by Crippen LogP contribution is -2.51. The summed E-state index contributed by atoms with van der Waals surface area (Å²) in [6.07, 6.45) is 0. The summed E-state index contributed by atoms with van der Waals surface area (Å²) in [6, 6.07) is 20.4. The van der Waals surface area contributed by atoms with Crippen molar-refractivity contribution < 1.29 is 14.3 Å². The molecule has 0 saturated carbocycles. The van der Waals surface area contributed by atoms with Crippen molar-refractivity contribution in [3.63, 3.8) is 0 Å². The minimum absolute atomic E-state index is 0.128. The summed E-state index contributed by atoms with van der Waals surface area (Å²) >= 11 is 7.92. The number of rotatable bonds is 4. The van der Waals surface area contributed by atoms with Gasteiger partial charge in [0, 0.05) is 34.6 Å². The Labute approximate surface area is 207 Å². The van der Waals surface area contributed by atoms with Crippen LogP contribution < -0.4 is 15.0 Å². The maximum atomic E-state index is 14.1. The molecule has 5 rings (SSSR count). The van der Waals surface area contributed by atoms with Crippen LogP contribution in [0.4, 0.5) is 16.2 Å². The van der Waals surface area contributed by atoms with E-state index in [9.17, 15) is 9.59 Å². The third-order valence-corrected chi connectivity index (χ3v) is 7.99. The molecule has 3 aromatic carbocycles. The van der Waals surface area contributed by atoms with E-state index >= 15 is 0 Å². The minimum Gasteiger partial charge on any atom is -0.497 e. The average molecular weight is 494 g/mol. The van der Waals surface area contributed by atoms with Crippen molar-refractivity contribution in [2.24, 2.45) is 0 Å². The van der Waals surface area contributed by atoms with Crippen LogP contribution in [0.2, 0.25) is 5.02 Å². The van der Waals surface area contributed by atoms with E-state index in [1.807, 2.05) is 61.5 Å². The van der Waals surface area contributed by atoms with E-state index in [4.69, 9.17) is 16.3 Å². The molecule has 1 fully saturated rings. The fourth-order valence-electron chi connectivity index (χ4n) is 4.57. The van der Waals surface area contributed by atoms with Gasteiger partial charge in [0.15, 0.2) is 4.87 Å². The van der Waals surface area contributed by atoms with E-state index in [0.29, 0.717) is 35.3 Å². The van der Waals surface area contributed by atoms with Crippen molar-refractivity contribution in [2.45, 2.75) is 18.3 Å². The molecule has 0 aromatic heterocycles. The highest BCUT2D eigenvalue weighted by atomic mass is 35.5. The number of carbonyl (C=O) groups is 2. The number of benzene rings is 3. The fraction of sp³-hybridized carbons (Fsp3) is 0.231. The molecule has 3 aromatic rings. The van der Waals surface area contributed by atoms with Crippen molar-refractivity contribution in [2.75, 3.05) is 29.6 Å². The van der Waals surface area contributed by atoms with Gasteiger partial charge < -0.3 is 15.0 Å². The van der Waals surface area contributed by atoms with Gasteiger partial charge >= 0.3 is 6.03 Å². The van der Waals surface area contributed by atoms with Gasteiger partial charge in [-0.3, -0.25) is 9.69 Å². The van der Waals surface area contributed by atoms with Crippen LogP contribution in [0.15, 0.2) is 66.7 Å². The number of aryl methyl sites for hydroxylation is 1. The molecule has 1 atom stereocenters. The molecule has 34 heavy (non-hydrogen) atoms. The molecule has 0 bridgehead atoms. The zero-order valence-electron chi connectivity index (χ0n) is 18.9. The van der Waals surface area contributed by atoms with Gasteiger partial charge in [-0.25, -0.2) is 4.79 Å². The second kappa shape index (κ2) is 8.89. The van der Waals surface area contributed by atoms with Gasteiger partial charge in [-0.1, -0.05) is 53.6 Å². The number of carbonyl (C=O) groups excluding carboxylic acids is 2. The van der Waals surface area contributed by atoms with Crippen LogP contribution in [0.3, 0.4) is 0 Å². The Kier molecular flexibility index (Phi) is 5.91. The number of hydrogen-bond acceptors (Lipinski definition) is 4. The van der Waals surface area contributed by atoms with E-state index < -0.39 is 4.87 Å². The number of halogens is 1. The molecule has 2 heterocycles. The number of urea groups is 1. The number of fused-ring (bicyclic) bond motifs is 2. The van der Waals surface area contributed by atoms with E-state index in [0.717, 1.165) is 22.4 Å². The van der Waals surface area contributed by atoms with E-state index in [2.05, 4.69) is 5.32 Å². The Morgan fingerprint density at radius 2 is 1.97 bits per heavy atom. The largest absolute Gasteiger partial charge is 0.497 e. The minimum atomic E-state index is -1.12. The first kappa shape index (κ1) is 22.6. The first-order valence-corrected chi connectivity index (χ1v) is 12.3. The fourth-order valence-corrected chi connectivity index (χ4v) is 6.22. The zero-order chi connectivity index (χ0) is 23.9. The lowest BCUT2D eigenvalue weighted by molar-refractivity contribution is -0.123. The van der Waals surface area contributed by atoms with Gasteiger partial charge in [0.05, 0.1) is 19.3 Å². The predicted octanol–water partition coefficient (Wildman–Crippen LogP) is 5.64. The van der Waals surface area contributed by atoms with Crippen LogP contribution in [-0.4, -0.2) is 36.2 Å². The summed E-state index contributed by atoms with van der Waals surface area (Å²) in [6.45, 7) is 2.79. The van der Waals surface area contributed by atoms with Gasteiger partial charge in [0.2, 0.25) is 0 Å². The van der Waals surface area contributed by atoms with Gasteiger partial charge in [0.1, 0.15) is 5.75 Å². The Morgan fingerprint density at radius 1 is 1.15 bits per heavy atom. The first-order chi connectivity index (χ1) is 16.4. The van der Waals surface area contributed by atoms with E-state index in [-0.39, 0.29) is 11.9 Å². The second-order valence-corrected chi connectivity index (χ2v) is 10.0. The highest BCUT2D eigenvalue weighted by Crippen LogP contribution is 2.54. The van der Waals surface area contributed by atoms with Crippen molar-refractivity contribution in [1.29, 1.82) is 0 Å². The predicted molar refractivity (Wildman–Crippen MR) is 137 cm³/mol. The standard InChI is InChI=1S/C26H24ClN3O3S/c1-17-10-11-23-21(14-17)26(24(31)29(23)16-18-6-3-4-9-22(18)27)30(12-13-34-26)25(32)28-19-7-5-8-20(15-19)33-2/h3-11,14-15H,12-13,16H2,1-2H3,(H,28,32)/t26-/m0/s1. The van der Waals surface area contributed by atoms with Crippen LogP contribution in [0.1, 0.15) is 16.7 Å². The Balaban J connectivity index is 1.53. The molecule has 1 spiro atoms. The Morgan fingerprint density at radius 3 is 2.76 bits per heavy atom. The number of nitrogens with one attached hydrogen (secondary N) is 1. The topological polar surface area (TPSA) is 61.9 Å². The molecule has 1 saturated heterocycles. The van der Waals surface area contributed by atoms with Gasteiger partial charge in [-0.05, 0) is 36.8 Å². The number of amides is 3. The summed E-state index contributed by atoms with van der Waals surface area (Å²) in [7, 11) is 1.58. The highest BCUT2D eigenvalue weighted by molar-refractivity contribution is 8.01. The first-order valence-electron chi connectivity index (χ1n) is 11.0. The van der Waals surface area contributed by atoms with Crippen molar-refractivity contribution in [3.05, 3.63) is 88.4 Å². The number of anilines is 2. The Bertz CT molecular complexity index is 1280. The summed E-state index contributed by atoms with van der Waals surface area (Å²) in [5.41, 5.74) is 4.15. The summed E-state index contributed by atoms with van der Waals surface area (Å²) < 4.78 is 5.27. The lowest BCUT2D eigenvalue weighted by atomic mass is 10.0. The SMILES string of the molecule is COc1cccc(NC(=O)N2CCS[C@@]23C(=O)N(Cc2ccccc2Cl)c2ccc(C)cc23)c1. The van der Waals surface area contributed by atoms with Gasteiger partial charge in [-0.15, -0.1) is 11.8 Å². The second-order valence-electron chi connectivity index (χ2n) is 8.31. The molecule has 0 aliphatic carbocycles. The molecule has 1 N–H and O–H groups in total. The molecule has 174 valence electrons. The molecule has 2 aliphatic heterocycles. The van der Waals surface area contributed by atoms with Crippen LogP contribution in [0.25, 0.3) is 0 Å². The molecule has 6 nitrogen and oxygen atoms in total. The monoisotopic (exact) mass is 493 g/mol. The van der Waals surface area contributed by atoms with Crippen LogP contribution in [0.5, 0.6) is 5.75 Å². The molecule has 0 radical (unpaired) electrons. The van der Waals surface area contributed by atoms with Gasteiger partial charge in [-0.2, -0.15) is 0 Å². The molecular weight excluding hydrogens is 470 g/mol. The number of hydrogen-bond donors (Lipinski definition) is 1. The van der Waals surface area contributed by atoms with Crippen LogP contribution in [0, 0.1) is 6.92 Å². The molecule has 0 unspecified atom stereocenters. The lowest BCUT2D eigenvalue weighted by Gasteiger charge is -2.33. The zero-order valence-corrected chi connectivity index (χ0v) is 20.4. The molecule has 3 amide bonds.